The van der Waals surface area contributed by atoms with E-state index in [0.29, 0.717) is 5.56 Å². The van der Waals surface area contributed by atoms with Crippen LogP contribution in [0.4, 0.5) is 39.5 Å². The second-order valence-corrected chi connectivity index (χ2v) is 8.19. The fourth-order valence-electron chi connectivity index (χ4n) is 2.05. The zero-order chi connectivity index (χ0) is 27.9. The number of benzene rings is 1. The van der Waals surface area contributed by atoms with Crippen molar-refractivity contribution in [3.63, 3.8) is 0 Å². The molecule has 1 amide bonds. The largest absolute Gasteiger partial charge is 0.491 e. The summed E-state index contributed by atoms with van der Waals surface area (Å²) >= 11 is 0. The lowest BCUT2D eigenvalue weighted by atomic mass is 10.2. The molecule has 0 saturated heterocycles. The summed E-state index contributed by atoms with van der Waals surface area (Å²) < 4.78 is 131. The van der Waals surface area contributed by atoms with Crippen LogP contribution < -0.4 is 5.32 Å². The van der Waals surface area contributed by atoms with Gasteiger partial charge >= 0.3 is 36.4 Å². The van der Waals surface area contributed by atoms with Crippen molar-refractivity contribution in [2.45, 2.75) is 29.8 Å². The normalized spacial score (nSPS) is 12.2. The van der Waals surface area contributed by atoms with Gasteiger partial charge in [-0.25, -0.2) is 22.0 Å². The van der Waals surface area contributed by atoms with Crippen molar-refractivity contribution in [3.8, 4) is 0 Å². The number of hydrogen-bond acceptors (Lipinski definition) is 6. The Morgan fingerprint density at radius 3 is 1.75 bits per heavy atom. The summed E-state index contributed by atoms with van der Waals surface area (Å²) in [4.78, 5) is 30.1. The molecule has 0 aliphatic rings. The van der Waals surface area contributed by atoms with Crippen LogP contribution in [0.5, 0.6) is 0 Å². The van der Waals surface area contributed by atoms with E-state index in [1.54, 1.807) is 23.5 Å². The minimum Gasteiger partial charge on any atom is -0.380 e. The highest BCUT2D eigenvalue weighted by Gasteiger charge is 2.49. The zero-order valence-electron chi connectivity index (χ0n) is 17.2. The number of rotatable bonds is 5. The van der Waals surface area contributed by atoms with Crippen LogP contribution in [0.1, 0.15) is 5.56 Å². The minimum atomic E-state index is -5.62. The van der Waals surface area contributed by atoms with Gasteiger partial charge in [0, 0.05) is 18.9 Å². The van der Waals surface area contributed by atoms with Crippen LogP contribution in [0, 0.1) is 0 Å². The average molecular weight is 556 g/mol. The van der Waals surface area contributed by atoms with Gasteiger partial charge in [-0.1, -0.05) is 18.2 Å². The van der Waals surface area contributed by atoms with Crippen LogP contribution in [-0.2, 0) is 35.6 Å². The van der Waals surface area contributed by atoms with Crippen molar-refractivity contribution in [1.82, 2.24) is 9.29 Å². The van der Waals surface area contributed by atoms with Crippen LogP contribution in [0.15, 0.2) is 53.7 Å². The maximum Gasteiger partial charge on any atom is 0.491 e. The van der Waals surface area contributed by atoms with Gasteiger partial charge in [0.2, 0.25) is 0 Å². The topological polar surface area (TPSA) is 112 Å². The van der Waals surface area contributed by atoms with Crippen molar-refractivity contribution in [2.24, 2.45) is 0 Å². The summed E-state index contributed by atoms with van der Waals surface area (Å²) in [5.41, 5.74) is 0.493. The third-order valence-electron chi connectivity index (χ3n) is 3.65. The second-order valence-electron chi connectivity index (χ2n) is 6.34. The molecule has 1 heterocycles. The lowest BCUT2D eigenvalue weighted by Crippen LogP contribution is -2.37. The van der Waals surface area contributed by atoms with Gasteiger partial charge in [-0.05, 0) is 30.2 Å². The van der Waals surface area contributed by atoms with Gasteiger partial charge in [-0.3, -0.25) is 4.79 Å². The molecule has 36 heavy (non-hydrogen) atoms. The lowest BCUT2D eigenvalue weighted by molar-refractivity contribution is -0.221. The van der Waals surface area contributed by atoms with E-state index in [4.69, 9.17) is 0 Å². The highest BCUT2D eigenvalue weighted by Crippen LogP contribution is 2.21. The fraction of sp³-hybridized carbons (Fsp3) is 0.278. The molecule has 0 bridgehead atoms. The number of carbonyl (C=O) groups excluding carboxylic acids is 3. The van der Waals surface area contributed by atoms with Crippen molar-refractivity contribution < 1.29 is 67.1 Å². The molecule has 200 valence electrons. The first-order valence-electron chi connectivity index (χ1n) is 8.99. The Morgan fingerprint density at radius 2 is 1.31 bits per heavy atom. The summed E-state index contributed by atoms with van der Waals surface area (Å²) in [5.74, 6) is -8.42. The van der Waals surface area contributed by atoms with E-state index >= 15 is 0 Å². The maximum absolute atomic E-state index is 12.3. The first kappa shape index (κ1) is 30.5. The molecule has 0 radical (unpaired) electrons. The van der Waals surface area contributed by atoms with Gasteiger partial charge in [0.05, 0.1) is 4.90 Å². The average Bonchev–Trinajstić information content (AvgIpc) is 3.22. The smallest absolute Gasteiger partial charge is 0.380 e. The van der Waals surface area contributed by atoms with Gasteiger partial charge in [0.15, 0.2) is 0 Å². The van der Waals surface area contributed by atoms with Gasteiger partial charge < -0.3 is 10.1 Å². The van der Waals surface area contributed by atoms with Gasteiger partial charge in [0.1, 0.15) is 0 Å². The number of hydrogen-bond donors (Lipinski definition) is 1. The van der Waals surface area contributed by atoms with Gasteiger partial charge in [-0.15, -0.1) is 0 Å². The molecule has 0 atom stereocenters. The number of alkyl halides is 9. The predicted molar refractivity (Wildman–Crippen MR) is 99.4 cm³/mol. The first-order chi connectivity index (χ1) is 16.3. The minimum absolute atomic E-state index is 0.0825. The summed E-state index contributed by atoms with van der Waals surface area (Å²) in [5, 5.41) is 1.73. The van der Waals surface area contributed by atoms with E-state index in [-0.39, 0.29) is 17.9 Å². The molecule has 0 fully saturated rings. The molecular formula is C18H13F9N2O6S. The predicted octanol–water partition coefficient (Wildman–Crippen LogP) is 3.13. The quantitative estimate of drug-likeness (QED) is 0.344. The monoisotopic (exact) mass is 556 g/mol. The standard InChI is InChI=1S/C14H13F3N2O3S.C4F6O3/c15-14(16,17)13(20)18-8-6-11-7-9-19(10-11)23(21,22)12-4-2-1-3-5-12;5-3(6,7)1(11)13-2(12)4(8,9)10/h1-5,7,9-10H,6,8H2,(H,18,20);. The van der Waals surface area contributed by atoms with Crippen molar-refractivity contribution in [2.75, 3.05) is 6.54 Å². The van der Waals surface area contributed by atoms with E-state index in [0.717, 1.165) is 3.97 Å². The number of esters is 2. The molecule has 0 aliphatic heterocycles. The first-order valence-corrected chi connectivity index (χ1v) is 10.4. The Kier molecular flexibility index (Phi) is 9.68. The Labute approximate surface area is 195 Å². The van der Waals surface area contributed by atoms with Crippen LogP contribution >= 0.6 is 0 Å². The summed E-state index contributed by atoms with van der Waals surface area (Å²) in [6, 6.07) is 9.22. The number of nitrogens with zero attached hydrogens (tertiary/aromatic N) is 1. The van der Waals surface area contributed by atoms with Crippen molar-refractivity contribution >= 4 is 27.9 Å². The Balaban J connectivity index is 0.000000426. The fourth-order valence-corrected chi connectivity index (χ4v) is 3.29. The molecule has 0 spiro atoms. The maximum atomic E-state index is 12.3. The highest BCUT2D eigenvalue weighted by atomic mass is 32.2. The summed E-state index contributed by atoms with van der Waals surface area (Å²) in [7, 11) is -3.73. The third kappa shape index (κ3) is 9.23. The van der Waals surface area contributed by atoms with Crippen LogP contribution in [0.2, 0.25) is 0 Å². The number of ether oxygens (including phenoxy) is 1. The Bertz CT molecular complexity index is 1150. The van der Waals surface area contributed by atoms with Gasteiger partial charge in [-0.2, -0.15) is 39.5 Å². The Hall–Kier alpha value is -3.57. The molecule has 0 aliphatic carbocycles. The van der Waals surface area contributed by atoms with E-state index in [1.165, 1.54) is 30.6 Å². The second kappa shape index (κ2) is 11.4. The molecular weight excluding hydrogens is 543 g/mol. The molecule has 8 nitrogen and oxygen atoms in total. The number of aromatic nitrogens is 1. The highest BCUT2D eigenvalue weighted by molar-refractivity contribution is 7.90. The SMILES string of the molecule is O=C(NCCc1ccn(S(=O)(=O)c2ccccc2)c1)C(F)(F)F.O=C(OC(=O)C(F)(F)F)C(F)(F)F. The molecule has 1 aromatic heterocycles. The molecule has 2 aromatic rings. The molecule has 0 unspecified atom stereocenters. The number of carbonyl (C=O) groups is 3. The van der Waals surface area contributed by atoms with E-state index in [1.807, 2.05) is 0 Å². The Morgan fingerprint density at radius 1 is 0.806 bits per heavy atom. The van der Waals surface area contributed by atoms with Crippen LogP contribution in [0.3, 0.4) is 0 Å². The van der Waals surface area contributed by atoms with E-state index < -0.39 is 46.4 Å². The molecule has 1 N–H and O–H groups in total. The third-order valence-corrected chi connectivity index (χ3v) is 5.30. The molecule has 0 saturated carbocycles. The lowest BCUT2D eigenvalue weighted by Gasteiger charge is -2.07. The number of halogens is 9. The van der Waals surface area contributed by atoms with Crippen molar-refractivity contribution in [1.29, 1.82) is 0 Å². The van der Waals surface area contributed by atoms with Crippen LogP contribution in [0.25, 0.3) is 0 Å². The zero-order valence-corrected chi connectivity index (χ0v) is 18.1. The van der Waals surface area contributed by atoms with E-state index in [2.05, 4.69) is 4.74 Å². The molecule has 18 heteroatoms. The summed E-state index contributed by atoms with van der Waals surface area (Å²) in [6.45, 7) is -0.242. The van der Waals surface area contributed by atoms with E-state index in [9.17, 15) is 62.3 Å². The van der Waals surface area contributed by atoms with Crippen LogP contribution in [-0.4, -0.2) is 55.3 Å². The van der Waals surface area contributed by atoms with Crippen molar-refractivity contribution in [3.05, 3.63) is 54.4 Å². The number of nitrogens with one attached hydrogen (secondary N) is 1. The summed E-state index contributed by atoms with van der Waals surface area (Å²) in [6.07, 6.45) is -13.5. The van der Waals surface area contributed by atoms with Gasteiger partial charge in [0.25, 0.3) is 10.0 Å². The molecule has 2 rings (SSSR count). The number of amides is 1. The molecule has 1 aromatic carbocycles.